The first kappa shape index (κ1) is 14.6. The summed E-state index contributed by atoms with van der Waals surface area (Å²) in [5.74, 6) is 0.180. The first-order chi connectivity index (χ1) is 8.74. The van der Waals surface area contributed by atoms with Crippen molar-refractivity contribution in [3.63, 3.8) is 0 Å². The van der Waals surface area contributed by atoms with E-state index in [2.05, 4.69) is 6.92 Å². The number of benzene rings is 1. The molecule has 1 N–H and O–H groups in total. The molecule has 0 saturated carbocycles. The first-order valence-electron chi connectivity index (χ1n) is 6.64. The van der Waals surface area contributed by atoms with Crippen molar-refractivity contribution in [3.05, 3.63) is 35.9 Å². The van der Waals surface area contributed by atoms with Crippen molar-refractivity contribution in [2.24, 2.45) is 0 Å². The summed E-state index contributed by atoms with van der Waals surface area (Å²) < 4.78 is 4.73. The minimum atomic E-state index is -1.19. The number of unbranched alkanes of at least 4 members (excludes halogenated alkanes) is 3. The van der Waals surface area contributed by atoms with Crippen LogP contribution in [-0.4, -0.2) is 17.9 Å². The molecule has 0 fully saturated rings. The van der Waals surface area contributed by atoms with Crippen molar-refractivity contribution >= 4 is 6.16 Å². The van der Waals surface area contributed by atoms with E-state index in [0.717, 1.165) is 18.4 Å². The molecule has 1 unspecified atom stereocenters. The molecule has 0 aliphatic rings. The summed E-state index contributed by atoms with van der Waals surface area (Å²) in [4.78, 5) is 10.5. The maximum atomic E-state index is 10.5. The fourth-order valence-corrected chi connectivity index (χ4v) is 2.06. The molecule has 18 heavy (non-hydrogen) atoms. The molecule has 1 aromatic rings. The van der Waals surface area contributed by atoms with Crippen LogP contribution in [-0.2, 0) is 4.74 Å². The van der Waals surface area contributed by atoms with Crippen LogP contribution < -0.4 is 0 Å². The molecule has 1 atom stereocenters. The lowest BCUT2D eigenvalue weighted by Gasteiger charge is -2.16. The average Bonchev–Trinajstić information content (AvgIpc) is 2.38. The van der Waals surface area contributed by atoms with Crippen LogP contribution in [0.3, 0.4) is 0 Å². The Labute approximate surface area is 109 Å². The molecular weight excluding hydrogens is 228 g/mol. The van der Waals surface area contributed by atoms with Crippen molar-refractivity contribution in [1.29, 1.82) is 0 Å². The lowest BCUT2D eigenvalue weighted by molar-refractivity contribution is 0.0846. The van der Waals surface area contributed by atoms with E-state index in [0.29, 0.717) is 0 Å². The Balaban J connectivity index is 2.49. The fraction of sp³-hybridized carbons (Fsp3) is 0.533. The van der Waals surface area contributed by atoms with E-state index >= 15 is 0 Å². The molecule has 0 saturated heterocycles. The third kappa shape index (κ3) is 5.71. The highest BCUT2D eigenvalue weighted by Gasteiger charge is 2.13. The predicted octanol–water partition coefficient (Wildman–Crippen LogP) is 4.44. The molecule has 3 nitrogen and oxygen atoms in total. The van der Waals surface area contributed by atoms with Crippen LogP contribution in [0.2, 0.25) is 0 Å². The summed E-state index contributed by atoms with van der Waals surface area (Å²) in [6, 6.07) is 10.0. The average molecular weight is 250 g/mol. The summed E-state index contributed by atoms with van der Waals surface area (Å²) in [6.07, 6.45) is 4.56. The molecule has 1 rings (SSSR count). The minimum absolute atomic E-state index is 0.180. The smallest absolute Gasteiger partial charge is 0.450 e. The van der Waals surface area contributed by atoms with E-state index in [1.165, 1.54) is 19.3 Å². The maximum Gasteiger partial charge on any atom is 0.505 e. The zero-order valence-corrected chi connectivity index (χ0v) is 11.0. The Morgan fingerprint density at radius 3 is 2.56 bits per heavy atom. The Bertz CT molecular complexity index is 335. The zero-order valence-electron chi connectivity index (χ0n) is 11.0. The summed E-state index contributed by atoms with van der Waals surface area (Å²) in [6.45, 7) is 2.44. The summed E-state index contributed by atoms with van der Waals surface area (Å²) in [5, 5.41) is 8.60. The second-order valence-electron chi connectivity index (χ2n) is 4.53. The van der Waals surface area contributed by atoms with Crippen LogP contribution in [0.25, 0.3) is 0 Å². The van der Waals surface area contributed by atoms with Crippen LogP contribution in [0.4, 0.5) is 4.79 Å². The van der Waals surface area contributed by atoms with Gasteiger partial charge in [0, 0.05) is 5.92 Å². The van der Waals surface area contributed by atoms with Crippen LogP contribution in [0.15, 0.2) is 30.3 Å². The van der Waals surface area contributed by atoms with E-state index in [1.807, 2.05) is 30.3 Å². The lowest BCUT2D eigenvalue weighted by Crippen LogP contribution is -2.11. The molecule has 0 heterocycles. The Morgan fingerprint density at radius 2 is 1.94 bits per heavy atom. The second-order valence-corrected chi connectivity index (χ2v) is 4.53. The second kappa shape index (κ2) is 8.56. The number of hydrogen-bond donors (Lipinski definition) is 1. The fourth-order valence-electron chi connectivity index (χ4n) is 2.06. The van der Waals surface area contributed by atoms with Crippen LogP contribution in [0.1, 0.15) is 50.5 Å². The van der Waals surface area contributed by atoms with Gasteiger partial charge < -0.3 is 9.84 Å². The van der Waals surface area contributed by atoms with Gasteiger partial charge in [0.25, 0.3) is 0 Å². The number of carboxylic acid groups (broad SMARTS) is 1. The Kier molecular flexibility index (Phi) is 6.92. The van der Waals surface area contributed by atoms with Gasteiger partial charge in [-0.3, -0.25) is 0 Å². The molecule has 0 bridgehead atoms. The third-order valence-electron chi connectivity index (χ3n) is 3.09. The van der Waals surface area contributed by atoms with Gasteiger partial charge in [-0.05, 0) is 12.0 Å². The molecule has 3 heteroatoms. The Hall–Kier alpha value is -1.51. The zero-order chi connectivity index (χ0) is 13.2. The molecule has 1 aromatic carbocycles. The van der Waals surface area contributed by atoms with Gasteiger partial charge in [-0.1, -0.05) is 62.9 Å². The maximum absolute atomic E-state index is 10.5. The highest BCUT2D eigenvalue weighted by atomic mass is 16.7. The lowest BCUT2D eigenvalue weighted by atomic mass is 9.94. The molecule has 0 aliphatic heterocycles. The van der Waals surface area contributed by atoms with Crippen molar-refractivity contribution in [2.75, 3.05) is 6.61 Å². The van der Waals surface area contributed by atoms with Gasteiger partial charge in [-0.2, -0.15) is 0 Å². The van der Waals surface area contributed by atoms with Crippen molar-refractivity contribution < 1.29 is 14.6 Å². The first-order valence-corrected chi connectivity index (χ1v) is 6.64. The predicted molar refractivity (Wildman–Crippen MR) is 71.9 cm³/mol. The molecule has 100 valence electrons. The van der Waals surface area contributed by atoms with Crippen molar-refractivity contribution in [3.8, 4) is 0 Å². The number of carbonyl (C=O) groups is 1. The van der Waals surface area contributed by atoms with Gasteiger partial charge in [-0.15, -0.1) is 0 Å². The molecule has 0 amide bonds. The standard InChI is InChI=1S/C15H22O3/c1-2-3-4-6-11-14(12-18-15(16)17)13-9-7-5-8-10-13/h5,7-10,14H,2-4,6,11-12H2,1H3,(H,16,17). The molecule has 0 spiro atoms. The normalized spacial score (nSPS) is 12.1. The SMILES string of the molecule is CCCCCCC(COC(=O)O)c1ccccc1. The largest absolute Gasteiger partial charge is 0.505 e. The Morgan fingerprint density at radius 1 is 1.22 bits per heavy atom. The molecule has 0 aliphatic carbocycles. The van der Waals surface area contributed by atoms with Crippen LogP contribution in [0.5, 0.6) is 0 Å². The monoisotopic (exact) mass is 250 g/mol. The van der Waals surface area contributed by atoms with Gasteiger partial charge in [0.05, 0.1) is 0 Å². The van der Waals surface area contributed by atoms with Gasteiger partial charge in [0.2, 0.25) is 0 Å². The summed E-state index contributed by atoms with van der Waals surface area (Å²) in [5.41, 5.74) is 1.16. The van der Waals surface area contributed by atoms with E-state index in [9.17, 15) is 4.79 Å². The van der Waals surface area contributed by atoms with Gasteiger partial charge in [-0.25, -0.2) is 4.79 Å². The van der Waals surface area contributed by atoms with Crippen molar-refractivity contribution in [2.45, 2.75) is 44.9 Å². The number of rotatable bonds is 8. The minimum Gasteiger partial charge on any atom is -0.450 e. The highest BCUT2D eigenvalue weighted by Crippen LogP contribution is 2.23. The van der Waals surface area contributed by atoms with Crippen LogP contribution >= 0.6 is 0 Å². The van der Waals surface area contributed by atoms with E-state index < -0.39 is 6.16 Å². The van der Waals surface area contributed by atoms with Gasteiger partial charge in [0.15, 0.2) is 0 Å². The van der Waals surface area contributed by atoms with E-state index in [4.69, 9.17) is 9.84 Å². The van der Waals surface area contributed by atoms with Gasteiger partial charge in [0.1, 0.15) is 6.61 Å². The van der Waals surface area contributed by atoms with Crippen LogP contribution in [0, 0.1) is 0 Å². The molecular formula is C15H22O3. The van der Waals surface area contributed by atoms with E-state index in [-0.39, 0.29) is 12.5 Å². The third-order valence-corrected chi connectivity index (χ3v) is 3.09. The summed E-state index contributed by atoms with van der Waals surface area (Å²) >= 11 is 0. The highest BCUT2D eigenvalue weighted by molar-refractivity contribution is 5.56. The van der Waals surface area contributed by atoms with Gasteiger partial charge >= 0.3 is 6.16 Å². The quantitative estimate of drug-likeness (QED) is 0.548. The molecule has 0 radical (unpaired) electrons. The topological polar surface area (TPSA) is 46.5 Å². The number of hydrogen-bond acceptors (Lipinski definition) is 2. The summed E-state index contributed by atoms with van der Waals surface area (Å²) in [7, 11) is 0. The van der Waals surface area contributed by atoms with E-state index in [1.54, 1.807) is 0 Å². The number of ether oxygens (including phenoxy) is 1. The molecule has 0 aromatic heterocycles. The van der Waals surface area contributed by atoms with Crippen molar-refractivity contribution in [1.82, 2.24) is 0 Å².